The molecule has 30 atom stereocenters. The minimum atomic E-state index is -1.18. The van der Waals surface area contributed by atoms with E-state index in [-0.39, 0.29) is 119 Å². The van der Waals surface area contributed by atoms with Crippen molar-refractivity contribution in [2.24, 2.45) is 0 Å². The van der Waals surface area contributed by atoms with Crippen LogP contribution in [0.5, 0.6) is 0 Å². The first kappa shape index (κ1) is 88.0. The Morgan fingerprint density at radius 2 is 0.265 bits per heavy atom. The molecule has 30 unspecified atom stereocenters. The average molecular weight is 1480 g/mol. The largest absolute Gasteiger partial charge is 0.379 e. The molecule has 30 nitrogen and oxygen atoms in total. The summed E-state index contributed by atoms with van der Waals surface area (Å²) in [5, 5.41) is 0. The first-order valence-electron chi connectivity index (χ1n) is 38.6. The Morgan fingerprint density at radius 1 is 0.147 bits per heavy atom. The molecule has 22 rings (SSSR count). The van der Waals surface area contributed by atoms with Crippen LogP contribution in [0.4, 0.5) is 0 Å². The molecule has 0 amide bonds. The van der Waals surface area contributed by atoms with Gasteiger partial charge in [0, 0.05) is 119 Å². The molecule has 0 aliphatic carbocycles. The van der Waals surface area contributed by atoms with Crippen LogP contribution in [0.25, 0.3) is 0 Å². The molecule has 0 N–H and O–H groups in total. The van der Waals surface area contributed by atoms with Crippen molar-refractivity contribution in [1.29, 1.82) is 0 Å². The van der Waals surface area contributed by atoms with Crippen molar-refractivity contribution in [3.05, 3.63) is 0 Å². The van der Waals surface area contributed by atoms with Crippen molar-refractivity contribution in [2.75, 3.05) is 159 Å². The highest BCUT2D eigenvalue weighted by Gasteiger charge is 2.62. The molecule has 0 aromatic carbocycles. The van der Waals surface area contributed by atoms with Gasteiger partial charge in [-0.25, -0.2) is 0 Å². The lowest BCUT2D eigenvalue weighted by Crippen LogP contribution is -2.70. The van der Waals surface area contributed by atoms with E-state index < -0.39 is 184 Å². The number of ether oxygens (including phenoxy) is 30. The Labute approximate surface area is 607 Å². The fourth-order valence-corrected chi connectivity index (χ4v) is 14.6. The molecule has 22 heterocycles. The monoisotopic (exact) mass is 1480 g/mol. The van der Waals surface area contributed by atoms with Crippen molar-refractivity contribution in [1.82, 2.24) is 0 Å². The van der Waals surface area contributed by atoms with Crippen LogP contribution in [0, 0.1) is 0 Å². The van der Waals surface area contributed by atoms with Crippen LogP contribution >= 0.6 is 0 Å². The van der Waals surface area contributed by atoms with Crippen molar-refractivity contribution < 1.29 is 142 Å². The predicted molar refractivity (Wildman–Crippen MR) is 365 cm³/mol. The van der Waals surface area contributed by atoms with Crippen LogP contribution in [0.3, 0.4) is 0 Å². The summed E-state index contributed by atoms with van der Waals surface area (Å²) in [6.45, 7) is 39.2. The maximum absolute atomic E-state index is 7.40. The number of hydrogen-bond acceptors (Lipinski definition) is 30. The number of rotatable bonds is 42. The zero-order chi connectivity index (χ0) is 73.5. The third kappa shape index (κ3) is 23.0. The van der Waals surface area contributed by atoms with Crippen molar-refractivity contribution in [3.63, 3.8) is 0 Å². The highest BCUT2D eigenvalue weighted by molar-refractivity contribution is 5.04. The van der Waals surface area contributed by atoms with Crippen LogP contribution in [-0.2, 0) is 142 Å². The van der Waals surface area contributed by atoms with E-state index in [9.17, 15) is 0 Å². The second-order valence-electron chi connectivity index (χ2n) is 24.9. The van der Waals surface area contributed by atoms with Gasteiger partial charge >= 0.3 is 0 Å². The van der Waals surface area contributed by atoms with Gasteiger partial charge in [-0.3, -0.25) is 0 Å². The Balaban J connectivity index is 1.48. The summed E-state index contributed by atoms with van der Waals surface area (Å²) in [7, 11) is 0. The lowest BCUT2D eigenvalue weighted by molar-refractivity contribution is -0.414. The second-order valence-corrected chi connectivity index (χ2v) is 24.9. The molecule has 0 radical (unpaired) electrons. The zero-order valence-electron chi connectivity index (χ0n) is 64.5. The van der Waals surface area contributed by atoms with Gasteiger partial charge in [-0.05, 0) is 125 Å². The maximum atomic E-state index is 7.40. The predicted octanol–water partition coefficient (Wildman–Crippen LogP) is 5.74. The Hall–Kier alpha value is -1.20. The molecule has 0 spiro atoms. The molecule has 12 bridgehead atoms. The summed E-state index contributed by atoms with van der Waals surface area (Å²) >= 11 is 0. The first-order chi connectivity index (χ1) is 49.9. The molecule has 22 aliphatic heterocycles. The molecule has 102 heavy (non-hydrogen) atoms. The minimum Gasteiger partial charge on any atom is -0.379 e. The Kier molecular flexibility index (Phi) is 41.2. The van der Waals surface area contributed by atoms with E-state index in [4.69, 9.17) is 142 Å². The minimum absolute atomic E-state index is 0.0314. The van der Waals surface area contributed by atoms with Crippen molar-refractivity contribution in [2.45, 2.75) is 309 Å². The van der Waals surface area contributed by atoms with Gasteiger partial charge in [-0.1, -0.05) is 0 Å². The smallest absolute Gasteiger partial charge is 0.187 e. The summed E-state index contributed by atoms with van der Waals surface area (Å²) in [6.07, 6.45) is -29.4. The van der Waals surface area contributed by atoms with Crippen molar-refractivity contribution in [3.8, 4) is 0 Å². The summed E-state index contributed by atoms with van der Waals surface area (Å²) in [4.78, 5) is 0. The Morgan fingerprint density at radius 3 is 0.373 bits per heavy atom. The van der Waals surface area contributed by atoms with Gasteiger partial charge in [-0.15, -0.1) is 0 Å². The van der Waals surface area contributed by atoms with E-state index in [0.717, 1.165) is 0 Å². The first-order valence-corrected chi connectivity index (χ1v) is 38.6. The SMILES string of the molecule is CCOCC1OC2OC3C(COCC)OC(OC4C(COCC)OC(OC5C(COCC)OC(OC6C(COCC)OC(OC7C(COCC)OC(OC1C(OCC)C2OCC)C(OCC)C7OCC)C(OCC)C6OCC)C(OCC)C5OCC)C(OCC)C4OCC)C(OCC)C3OCC. The molecule has 0 aromatic rings. The fourth-order valence-electron chi connectivity index (χ4n) is 14.6. The topological polar surface area (TPSA) is 277 Å². The van der Waals surface area contributed by atoms with Gasteiger partial charge < -0.3 is 142 Å². The molecule has 0 saturated carbocycles. The van der Waals surface area contributed by atoms with Crippen LogP contribution in [-0.4, -0.2) is 343 Å². The normalized spacial score (nSPS) is 40.1. The third-order valence-electron chi connectivity index (χ3n) is 18.5. The number of hydrogen-bond donors (Lipinski definition) is 0. The van der Waals surface area contributed by atoms with E-state index >= 15 is 0 Å². The van der Waals surface area contributed by atoms with Crippen LogP contribution in [0.2, 0.25) is 0 Å². The molecule has 30 heteroatoms. The van der Waals surface area contributed by atoms with E-state index in [0.29, 0.717) is 39.6 Å². The van der Waals surface area contributed by atoms with Gasteiger partial charge in [-0.2, -0.15) is 0 Å². The fraction of sp³-hybridized carbons (Fsp3) is 1.00. The van der Waals surface area contributed by atoms with Crippen LogP contribution < -0.4 is 0 Å². The van der Waals surface area contributed by atoms with E-state index in [1.807, 2.05) is 125 Å². The van der Waals surface area contributed by atoms with Crippen molar-refractivity contribution >= 4 is 0 Å². The lowest BCUT2D eigenvalue weighted by atomic mass is 9.94. The van der Waals surface area contributed by atoms with Crippen LogP contribution in [0.15, 0.2) is 0 Å². The van der Waals surface area contributed by atoms with Gasteiger partial charge in [0.1, 0.15) is 146 Å². The van der Waals surface area contributed by atoms with E-state index in [1.54, 1.807) is 0 Å². The molecule has 22 saturated heterocycles. The lowest BCUT2D eigenvalue weighted by Gasteiger charge is -2.54. The maximum Gasteiger partial charge on any atom is 0.187 e. The second kappa shape index (κ2) is 47.8. The molecule has 0 aromatic heterocycles. The van der Waals surface area contributed by atoms with Crippen LogP contribution in [0.1, 0.15) is 125 Å². The molecular weight excluding hydrogens is 1340 g/mol. The van der Waals surface area contributed by atoms with Gasteiger partial charge in [0.15, 0.2) is 37.7 Å². The molecular formula is C72H132O30. The average Bonchev–Trinajstić information content (AvgIpc) is 0.762. The van der Waals surface area contributed by atoms with Gasteiger partial charge in [0.2, 0.25) is 0 Å². The summed E-state index contributed by atoms with van der Waals surface area (Å²) in [6, 6.07) is 0. The highest BCUT2D eigenvalue weighted by Crippen LogP contribution is 2.43. The highest BCUT2D eigenvalue weighted by atomic mass is 16.8. The molecule has 600 valence electrons. The summed E-state index contributed by atoms with van der Waals surface area (Å²) in [5.41, 5.74) is 0. The zero-order valence-corrected chi connectivity index (χ0v) is 64.5. The quantitative estimate of drug-likeness (QED) is 0.0704. The van der Waals surface area contributed by atoms with Gasteiger partial charge in [0.25, 0.3) is 0 Å². The molecule has 22 aliphatic rings. The Bertz CT molecular complexity index is 1780. The summed E-state index contributed by atoms with van der Waals surface area (Å²) < 4.78 is 207. The van der Waals surface area contributed by atoms with E-state index in [2.05, 4.69) is 0 Å². The molecule has 22 fully saturated rings. The van der Waals surface area contributed by atoms with Gasteiger partial charge in [0.05, 0.1) is 39.6 Å². The third-order valence-corrected chi connectivity index (χ3v) is 18.5. The van der Waals surface area contributed by atoms with E-state index in [1.165, 1.54) is 0 Å². The summed E-state index contributed by atoms with van der Waals surface area (Å²) in [5.74, 6) is 0. The standard InChI is InChI=1S/C72H132O30/c1-19-73-37-43-49-55(79-25-7)61(85-31-13)67(91-43)98-50-44(38-74-20-2)93-69(63(87-33-15)56(50)80-26-8)100-52-46(40-76-22-4)95-71(65(89-35-17)58(52)82-28-10)102-54-48(42-78-24-6)96-72(66(90-36-18)60(54)84-30-12)101-53-47(41-77-23-5)94-70(64(88-34-16)59(53)83-29-11)99-51-45(39-75-21-3)92-68(97-49)62(86-32-14)57(51)81-27-9/h43-72H,19-42H2,1-18H3.